The van der Waals surface area contributed by atoms with Gasteiger partial charge in [-0.15, -0.1) is 0 Å². The van der Waals surface area contributed by atoms with Gasteiger partial charge in [-0.05, 0) is 41.3 Å². The number of hydrogen-bond donors (Lipinski definition) is 2. The van der Waals surface area contributed by atoms with Crippen molar-refractivity contribution < 1.29 is 22.7 Å². The highest BCUT2D eigenvalue weighted by molar-refractivity contribution is 5.52. The Morgan fingerprint density at radius 1 is 1.12 bits per heavy atom. The molecule has 2 nitrogen and oxygen atoms in total. The second-order valence-corrected chi connectivity index (χ2v) is 5.44. The number of nitrogens with two attached hydrogens (primary N) is 1. The highest BCUT2D eigenvalue weighted by Gasteiger charge is 2.17. The van der Waals surface area contributed by atoms with Crippen LogP contribution in [0.1, 0.15) is 22.8 Å². The van der Waals surface area contributed by atoms with Gasteiger partial charge in [-0.1, -0.05) is 36.4 Å². The molecule has 0 spiro atoms. The van der Waals surface area contributed by atoms with E-state index in [1.54, 1.807) is 12.1 Å². The van der Waals surface area contributed by atoms with Gasteiger partial charge in [0.25, 0.3) is 6.43 Å². The van der Waals surface area contributed by atoms with Crippen LogP contribution in [0.3, 0.4) is 0 Å². The van der Waals surface area contributed by atoms with E-state index in [0.717, 1.165) is 6.08 Å². The second-order valence-electron chi connectivity index (χ2n) is 5.44. The summed E-state index contributed by atoms with van der Waals surface area (Å²) in [5, 5.41) is 10.2. The van der Waals surface area contributed by atoms with Crippen LogP contribution in [0, 0.1) is 5.82 Å². The molecule has 2 aromatic rings. The van der Waals surface area contributed by atoms with Crippen LogP contribution in [-0.4, -0.2) is 17.6 Å². The summed E-state index contributed by atoms with van der Waals surface area (Å²) in [6, 6.07) is 11.0. The lowest BCUT2D eigenvalue weighted by atomic mass is 9.96. The largest absolute Gasteiger partial charge is 0.387 e. The molecule has 0 saturated heterocycles. The normalized spacial score (nSPS) is 14.7. The fraction of sp³-hybridized carbons (Fsp3) is 0.222. The molecule has 24 heavy (non-hydrogen) atoms. The third-order valence-corrected chi connectivity index (χ3v) is 3.55. The van der Waals surface area contributed by atoms with Gasteiger partial charge in [0.1, 0.15) is 5.82 Å². The van der Waals surface area contributed by atoms with Crippen molar-refractivity contribution in [1.29, 1.82) is 0 Å². The quantitative estimate of drug-likeness (QED) is 0.781. The fourth-order valence-corrected chi connectivity index (χ4v) is 2.32. The lowest BCUT2D eigenvalue weighted by Gasteiger charge is -2.19. The lowest BCUT2D eigenvalue weighted by molar-refractivity contribution is 0.146. The standard InChI is InChI=1S/C18H17F4NO/c19-14-6-4-13(5-7-14)17(24)16(23)10-12-3-1-2-11(8-12)9-15(20)18(21)22/h1-9,16-18,24H,10,23H2/b15-9-. The zero-order valence-corrected chi connectivity index (χ0v) is 12.7. The lowest BCUT2D eigenvalue weighted by Crippen LogP contribution is -2.30. The van der Waals surface area contributed by atoms with E-state index in [1.807, 2.05) is 0 Å². The van der Waals surface area contributed by atoms with Crippen molar-refractivity contribution in [2.45, 2.75) is 25.0 Å². The zero-order valence-electron chi connectivity index (χ0n) is 12.7. The number of allylic oxidation sites excluding steroid dienone is 1. The summed E-state index contributed by atoms with van der Waals surface area (Å²) in [6.07, 6.45) is -3.16. The van der Waals surface area contributed by atoms with Gasteiger partial charge in [0.2, 0.25) is 0 Å². The average Bonchev–Trinajstić information content (AvgIpc) is 2.55. The summed E-state index contributed by atoms with van der Waals surface area (Å²) in [5.41, 5.74) is 7.39. The van der Waals surface area contributed by atoms with Crippen molar-refractivity contribution >= 4 is 6.08 Å². The Balaban J connectivity index is 2.10. The number of halogens is 4. The van der Waals surface area contributed by atoms with Crippen LogP contribution in [0.5, 0.6) is 0 Å². The number of alkyl halides is 2. The molecule has 0 radical (unpaired) electrons. The first-order chi connectivity index (χ1) is 11.4. The van der Waals surface area contributed by atoms with Gasteiger partial charge in [-0.2, -0.15) is 0 Å². The molecule has 0 bridgehead atoms. The van der Waals surface area contributed by atoms with Crippen molar-refractivity contribution in [3.05, 3.63) is 76.9 Å². The first-order valence-electron chi connectivity index (χ1n) is 7.30. The second kappa shape index (κ2) is 8.08. The molecule has 2 aromatic carbocycles. The predicted octanol–water partition coefficient (Wildman–Crippen LogP) is 4.00. The van der Waals surface area contributed by atoms with Gasteiger partial charge in [0.05, 0.1) is 6.10 Å². The summed E-state index contributed by atoms with van der Waals surface area (Å²) in [5.74, 6) is -1.93. The average molecular weight is 339 g/mol. The number of aliphatic hydroxyl groups excluding tert-OH is 1. The van der Waals surface area contributed by atoms with E-state index < -0.39 is 30.2 Å². The van der Waals surface area contributed by atoms with Crippen molar-refractivity contribution in [2.24, 2.45) is 5.73 Å². The minimum absolute atomic E-state index is 0.247. The third kappa shape index (κ3) is 4.91. The van der Waals surface area contributed by atoms with Crippen LogP contribution in [0.2, 0.25) is 0 Å². The van der Waals surface area contributed by atoms with Gasteiger partial charge >= 0.3 is 0 Å². The molecule has 0 aliphatic carbocycles. The molecule has 128 valence electrons. The molecule has 0 amide bonds. The zero-order chi connectivity index (χ0) is 17.7. The summed E-state index contributed by atoms with van der Waals surface area (Å²) >= 11 is 0. The first-order valence-corrected chi connectivity index (χ1v) is 7.30. The summed E-state index contributed by atoms with van der Waals surface area (Å²) < 4.78 is 50.4. The molecule has 6 heteroatoms. The Morgan fingerprint density at radius 2 is 1.79 bits per heavy atom. The molecule has 0 aromatic heterocycles. The first kappa shape index (κ1) is 18.2. The summed E-state index contributed by atoms with van der Waals surface area (Å²) in [4.78, 5) is 0. The Labute approximate surface area is 137 Å². The molecule has 0 aliphatic rings. The van der Waals surface area contributed by atoms with Crippen molar-refractivity contribution in [3.63, 3.8) is 0 Å². The summed E-state index contributed by atoms with van der Waals surface area (Å²) in [7, 11) is 0. The van der Waals surface area contributed by atoms with E-state index in [1.165, 1.54) is 36.4 Å². The van der Waals surface area contributed by atoms with Gasteiger partial charge in [0, 0.05) is 6.04 Å². The molecule has 2 unspecified atom stereocenters. The number of aliphatic hydroxyl groups is 1. The van der Waals surface area contributed by atoms with Gasteiger partial charge in [-0.3, -0.25) is 0 Å². The van der Waals surface area contributed by atoms with Gasteiger partial charge in [0.15, 0.2) is 5.83 Å². The summed E-state index contributed by atoms with van der Waals surface area (Å²) in [6.45, 7) is 0. The van der Waals surface area contributed by atoms with E-state index >= 15 is 0 Å². The van der Waals surface area contributed by atoms with Crippen molar-refractivity contribution in [2.75, 3.05) is 0 Å². The van der Waals surface area contributed by atoms with Crippen LogP contribution < -0.4 is 5.73 Å². The van der Waals surface area contributed by atoms with E-state index in [-0.39, 0.29) is 12.0 Å². The van der Waals surface area contributed by atoms with Crippen LogP contribution in [-0.2, 0) is 6.42 Å². The third-order valence-electron chi connectivity index (χ3n) is 3.55. The molecule has 0 heterocycles. The van der Waals surface area contributed by atoms with Crippen molar-refractivity contribution in [1.82, 2.24) is 0 Å². The molecule has 0 saturated carbocycles. The maximum Gasteiger partial charge on any atom is 0.289 e. The number of benzene rings is 2. The molecule has 0 aliphatic heterocycles. The van der Waals surface area contributed by atoms with Crippen LogP contribution >= 0.6 is 0 Å². The highest BCUT2D eigenvalue weighted by Crippen LogP contribution is 2.21. The minimum Gasteiger partial charge on any atom is -0.387 e. The molecule has 3 N–H and O–H groups in total. The molecular formula is C18H17F4NO. The van der Waals surface area contributed by atoms with E-state index in [0.29, 0.717) is 11.1 Å². The molecule has 2 rings (SSSR count). The topological polar surface area (TPSA) is 46.2 Å². The number of hydrogen-bond acceptors (Lipinski definition) is 2. The Kier molecular flexibility index (Phi) is 6.11. The van der Waals surface area contributed by atoms with E-state index in [2.05, 4.69) is 0 Å². The maximum absolute atomic E-state index is 13.0. The van der Waals surface area contributed by atoms with Gasteiger partial charge in [-0.25, -0.2) is 17.6 Å². The highest BCUT2D eigenvalue weighted by atomic mass is 19.3. The van der Waals surface area contributed by atoms with Crippen LogP contribution in [0.4, 0.5) is 17.6 Å². The molecule has 0 fully saturated rings. The minimum atomic E-state index is -3.16. The smallest absolute Gasteiger partial charge is 0.289 e. The fourth-order valence-electron chi connectivity index (χ4n) is 2.32. The molecule has 2 atom stereocenters. The Hall–Kier alpha value is -2.18. The van der Waals surface area contributed by atoms with E-state index in [9.17, 15) is 22.7 Å². The van der Waals surface area contributed by atoms with Crippen LogP contribution in [0.25, 0.3) is 6.08 Å². The SMILES string of the molecule is NC(Cc1cccc(/C=C(\F)C(F)F)c1)C(O)c1ccc(F)cc1. The monoisotopic (exact) mass is 339 g/mol. The van der Waals surface area contributed by atoms with E-state index in [4.69, 9.17) is 5.73 Å². The number of rotatable bonds is 6. The Morgan fingerprint density at radius 3 is 2.42 bits per heavy atom. The van der Waals surface area contributed by atoms with Crippen molar-refractivity contribution in [3.8, 4) is 0 Å². The van der Waals surface area contributed by atoms with Crippen LogP contribution in [0.15, 0.2) is 54.4 Å². The van der Waals surface area contributed by atoms with Gasteiger partial charge < -0.3 is 10.8 Å². The maximum atomic E-state index is 13.0. The molecular weight excluding hydrogens is 322 g/mol. The Bertz CT molecular complexity index is 700. The predicted molar refractivity (Wildman–Crippen MR) is 84.6 cm³/mol.